The van der Waals surface area contributed by atoms with E-state index in [9.17, 15) is 46.6 Å². The summed E-state index contributed by atoms with van der Waals surface area (Å²) in [7, 11) is 0. The number of urea groups is 1. The van der Waals surface area contributed by atoms with Crippen molar-refractivity contribution in [3.63, 3.8) is 0 Å². The molecule has 1 aliphatic heterocycles. The lowest BCUT2D eigenvalue weighted by Crippen LogP contribution is -2.48. The van der Waals surface area contributed by atoms with E-state index in [1.54, 1.807) is 10.8 Å². The first-order valence-corrected chi connectivity index (χ1v) is 14.7. The van der Waals surface area contributed by atoms with Crippen molar-refractivity contribution in [2.45, 2.75) is 56.8 Å². The van der Waals surface area contributed by atoms with Gasteiger partial charge in [-0.3, -0.25) is 19.2 Å². The number of aryl methyl sites for hydroxylation is 1. The van der Waals surface area contributed by atoms with Crippen LogP contribution in [0.5, 0.6) is 5.75 Å². The fraction of sp³-hybridized carbons (Fsp3) is 0.344. The van der Waals surface area contributed by atoms with Crippen LogP contribution in [0.25, 0.3) is 0 Å². The third kappa shape index (κ3) is 7.45. The molecule has 4 atom stereocenters. The van der Waals surface area contributed by atoms with Crippen LogP contribution in [0.4, 0.5) is 22.4 Å². The fourth-order valence-electron chi connectivity index (χ4n) is 5.96. The maximum Gasteiger partial charge on any atom is 0.315 e. The van der Waals surface area contributed by atoms with Crippen LogP contribution < -0.4 is 20.7 Å². The number of benzene rings is 2. The molecule has 4 N–H and O–H groups in total. The molecule has 2 aromatic carbocycles. The number of rotatable bonds is 11. The predicted octanol–water partition coefficient (Wildman–Crippen LogP) is 3.14. The van der Waals surface area contributed by atoms with Crippen LogP contribution in [0, 0.1) is 29.2 Å². The van der Waals surface area contributed by atoms with E-state index in [-0.39, 0.29) is 31.4 Å². The number of halogens is 4. The minimum Gasteiger partial charge on any atom is -0.481 e. The highest BCUT2D eigenvalue weighted by molar-refractivity contribution is 5.96. The van der Waals surface area contributed by atoms with E-state index >= 15 is 0 Å². The summed E-state index contributed by atoms with van der Waals surface area (Å²) >= 11 is 0. The van der Waals surface area contributed by atoms with E-state index in [0.29, 0.717) is 18.5 Å². The van der Waals surface area contributed by atoms with Crippen molar-refractivity contribution in [2.24, 2.45) is 5.92 Å². The van der Waals surface area contributed by atoms with Gasteiger partial charge >= 0.3 is 12.0 Å². The first-order valence-electron chi connectivity index (χ1n) is 14.7. The van der Waals surface area contributed by atoms with Crippen LogP contribution in [0.3, 0.4) is 0 Å². The molecular weight excluding hydrogens is 628 g/mol. The van der Waals surface area contributed by atoms with Gasteiger partial charge in [0.05, 0.1) is 18.3 Å². The third-order valence-corrected chi connectivity index (χ3v) is 8.22. The van der Waals surface area contributed by atoms with Crippen LogP contribution >= 0.6 is 0 Å². The number of nitrogens with one attached hydrogen (secondary N) is 3. The molecule has 0 saturated carbocycles. The van der Waals surface area contributed by atoms with E-state index in [1.165, 1.54) is 0 Å². The lowest BCUT2D eigenvalue weighted by Gasteiger charge is -2.32. The number of carbonyl (C=O) groups excluding carboxylic acids is 4. The summed E-state index contributed by atoms with van der Waals surface area (Å²) in [5.74, 6) is -14.6. The number of aliphatic carboxylic acids is 1. The molecule has 5 rings (SSSR count). The maximum atomic E-state index is 14.0. The second-order valence-corrected chi connectivity index (χ2v) is 11.4. The predicted molar refractivity (Wildman–Crippen MR) is 155 cm³/mol. The molecule has 47 heavy (non-hydrogen) atoms. The van der Waals surface area contributed by atoms with Gasteiger partial charge in [0, 0.05) is 43.5 Å². The summed E-state index contributed by atoms with van der Waals surface area (Å²) < 4.78 is 61.4. The average Bonchev–Trinajstić information content (AvgIpc) is 3.37. The van der Waals surface area contributed by atoms with E-state index in [1.807, 2.05) is 36.4 Å². The van der Waals surface area contributed by atoms with Crippen molar-refractivity contribution in [1.82, 2.24) is 20.5 Å². The highest BCUT2D eigenvalue weighted by Gasteiger charge is 2.42. The van der Waals surface area contributed by atoms with Crippen LogP contribution in [-0.4, -0.2) is 57.8 Å². The maximum absolute atomic E-state index is 14.0. The van der Waals surface area contributed by atoms with Crippen molar-refractivity contribution in [3.05, 3.63) is 88.8 Å². The van der Waals surface area contributed by atoms with Gasteiger partial charge in [-0.2, -0.15) is 8.78 Å². The highest BCUT2D eigenvalue weighted by Crippen LogP contribution is 2.38. The number of carboxylic acids is 1. The van der Waals surface area contributed by atoms with E-state index in [4.69, 9.17) is 0 Å². The smallest absolute Gasteiger partial charge is 0.315 e. The minimum atomic E-state index is -1.90. The van der Waals surface area contributed by atoms with Crippen molar-refractivity contribution in [3.8, 4) is 5.75 Å². The van der Waals surface area contributed by atoms with Gasteiger partial charge < -0.3 is 30.4 Å². The minimum absolute atomic E-state index is 0.000195. The van der Waals surface area contributed by atoms with Crippen LogP contribution in [0.1, 0.15) is 42.0 Å². The summed E-state index contributed by atoms with van der Waals surface area (Å²) in [6, 6.07) is 8.20. The number of aromatic nitrogens is 1. The number of Topliss-reactive ketones (excluding diaryl/α,β-unsaturated/α-hetero) is 2. The van der Waals surface area contributed by atoms with Gasteiger partial charge in [-0.1, -0.05) is 30.3 Å². The molecule has 2 aliphatic rings. The lowest BCUT2D eigenvalue weighted by atomic mass is 9.79. The topological polar surface area (TPSA) is 156 Å². The number of amides is 3. The molecule has 1 aliphatic carbocycles. The standard InChI is InChI=1S/C32H30F4N4O7/c33-19-11-20(34)28(36)30(27(19)35)47-15-24(42)22(12-25(43)44)38-31(45)18-10-23(41)26-21(7-6-17-8-9-40(14-18)29(17)26)39-32(46)37-13-16-4-2-1-3-5-16/h1-5,8-9,11,18,21-22,26H,6-7,10,12-15H2,(H,38,45)(H,43,44)(H2,37,39,46). The summed E-state index contributed by atoms with van der Waals surface area (Å²) in [6.45, 7) is -0.961. The number of hydrogen-bond acceptors (Lipinski definition) is 6. The Kier molecular flexibility index (Phi) is 9.92. The summed E-state index contributed by atoms with van der Waals surface area (Å²) in [5.41, 5.74) is 2.43. The van der Waals surface area contributed by atoms with Gasteiger partial charge in [-0.15, -0.1) is 0 Å². The molecule has 2 heterocycles. The van der Waals surface area contributed by atoms with Gasteiger partial charge in [0.2, 0.25) is 17.5 Å². The Hall–Kier alpha value is -5.21. The Bertz CT molecular complexity index is 1690. The van der Waals surface area contributed by atoms with E-state index in [2.05, 4.69) is 20.7 Å². The normalized spacial score (nSPS) is 19.1. The Labute approximate surface area is 265 Å². The average molecular weight is 659 g/mol. The Morgan fingerprint density at radius 2 is 1.72 bits per heavy atom. The van der Waals surface area contributed by atoms with Gasteiger partial charge in [-0.05, 0) is 30.0 Å². The first kappa shape index (κ1) is 33.2. The molecular formula is C32H30F4N4O7. The van der Waals surface area contributed by atoms with Crippen LogP contribution in [0.15, 0.2) is 48.7 Å². The van der Waals surface area contributed by atoms with Crippen LogP contribution in [-0.2, 0) is 38.7 Å². The number of hydrogen-bond donors (Lipinski definition) is 4. The van der Waals surface area contributed by atoms with E-state index in [0.717, 1.165) is 11.1 Å². The quantitative estimate of drug-likeness (QED) is 0.182. The number of ketones is 2. The van der Waals surface area contributed by atoms with Gasteiger partial charge in [0.15, 0.2) is 23.2 Å². The van der Waals surface area contributed by atoms with E-state index < -0.39 is 89.7 Å². The zero-order valence-electron chi connectivity index (χ0n) is 24.7. The van der Waals surface area contributed by atoms with Crippen molar-refractivity contribution < 1.29 is 51.4 Å². The molecule has 4 unspecified atom stereocenters. The number of carboxylic acid groups (broad SMARTS) is 1. The first-order chi connectivity index (χ1) is 22.4. The molecule has 1 aromatic heterocycles. The monoisotopic (exact) mass is 658 g/mol. The number of ether oxygens (including phenoxy) is 1. The molecule has 11 nitrogen and oxygen atoms in total. The molecule has 0 spiro atoms. The van der Waals surface area contributed by atoms with Gasteiger partial charge in [0.1, 0.15) is 18.4 Å². The summed E-state index contributed by atoms with van der Waals surface area (Å²) in [5, 5.41) is 17.3. The molecule has 0 radical (unpaired) electrons. The molecule has 3 amide bonds. The highest BCUT2D eigenvalue weighted by atomic mass is 19.2. The Morgan fingerprint density at radius 3 is 2.40 bits per heavy atom. The largest absolute Gasteiger partial charge is 0.481 e. The van der Waals surface area contributed by atoms with Gasteiger partial charge in [0.25, 0.3) is 0 Å². The van der Waals surface area contributed by atoms with Crippen molar-refractivity contribution in [1.29, 1.82) is 0 Å². The lowest BCUT2D eigenvalue weighted by molar-refractivity contribution is -0.141. The second kappa shape index (κ2) is 14.1. The molecule has 3 aromatic rings. The number of nitrogens with zero attached hydrogens (tertiary/aromatic N) is 1. The van der Waals surface area contributed by atoms with Crippen molar-refractivity contribution >= 4 is 29.5 Å². The Balaban J connectivity index is 1.27. The molecule has 15 heteroatoms. The fourth-order valence-corrected chi connectivity index (χ4v) is 5.96. The molecule has 0 saturated heterocycles. The SMILES string of the molecule is O=C(O)CC(NC(=O)C1CC(=O)C2c3c(ccn3C1)CCC2NC(=O)NCc1ccccc1)C(=O)COc1c(F)c(F)cc(F)c1F. The Morgan fingerprint density at radius 1 is 1.02 bits per heavy atom. The second-order valence-electron chi connectivity index (χ2n) is 11.4. The van der Waals surface area contributed by atoms with Gasteiger partial charge in [-0.25, -0.2) is 13.6 Å². The molecule has 0 bridgehead atoms. The summed E-state index contributed by atoms with van der Waals surface area (Å²) in [4.78, 5) is 64.2. The summed E-state index contributed by atoms with van der Waals surface area (Å²) in [6.07, 6.45) is 1.49. The van der Waals surface area contributed by atoms with Crippen LogP contribution in [0.2, 0.25) is 0 Å². The zero-order chi connectivity index (χ0) is 33.8. The number of carbonyl (C=O) groups is 5. The molecule has 0 fully saturated rings. The zero-order valence-corrected chi connectivity index (χ0v) is 24.7. The third-order valence-electron chi connectivity index (χ3n) is 8.22. The molecule has 248 valence electrons. The van der Waals surface area contributed by atoms with Crippen molar-refractivity contribution in [2.75, 3.05) is 6.61 Å².